The molecular formula is C17H23F2N3O2. The van der Waals surface area contributed by atoms with Gasteiger partial charge in [0, 0.05) is 24.9 Å². The number of amides is 1. The molecule has 1 aromatic rings. The van der Waals surface area contributed by atoms with Crippen molar-refractivity contribution in [1.82, 2.24) is 14.7 Å². The third-order valence-electron chi connectivity index (χ3n) is 4.27. The van der Waals surface area contributed by atoms with Gasteiger partial charge < -0.3 is 9.64 Å². The summed E-state index contributed by atoms with van der Waals surface area (Å²) in [5, 5.41) is 4.36. The van der Waals surface area contributed by atoms with Crippen LogP contribution in [0.3, 0.4) is 0 Å². The Balaban J connectivity index is 1.92. The summed E-state index contributed by atoms with van der Waals surface area (Å²) in [6.45, 7) is 10.0. The molecule has 2 aliphatic heterocycles. The second-order valence-electron chi connectivity index (χ2n) is 7.54. The summed E-state index contributed by atoms with van der Waals surface area (Å²) in [5.74, 6) is -2.96. The Hall–Kier alpha value is -1.92. The Morgan fingerprint density at radius 1 is 1.29 bits per heavy atom. The van der Waals surface area contributed by atoms with Gasteiger partial charge in [-0.1, -0.05) is 12.2 Å². The Labute approximate surface area is 140 Å². The standard InChI is InChI=1S/C17H23F2N3O2/c1-11-5-7-17(18,19)14-12-10-21(15(23)24-16(2,3)4)8-6-13(12)20-22(14)9-11/h1,5-10H2,2-4H3. The fourth-order valence-electron chi connectivity index (χ4n) is 3.18. The van der Waals surface area contributed by atoms with Crippen molar-refractivity contribution in [3.05, 3.63) is 29.1 Å². The summed E-state index contributed by atoms with van der Waals surface area (Å²) in [6.07, 6.45) is -0.0106. The summed E-state index contributed by atoms with van der Waals surface area (Å²) in [7, 11) is 0. The molecule has 0 aliphatic carbocycles. The molecule has 0 radical (unpaired) electrons. The van der Waals surface area contributed by atoms with Gasteiger partial charge >= 0.3 is 6.09 Å². The molecule has 2 aliphatic rings. The molecule has 0 fully saturated rings. The van der Waals surface area contributed by atoms with Crippen LogP contribution in [0, 0.1) is 0 Å². The van der Waals surface area contributed by atoms with Crippen LogP contribution in [-0.4, -0.2) is 32.9 Å². The van der Waals surface area contributed by atoms with Crippen molar-refractivity contribution in [2.24, 2.45) is 0 Å². The zero-order chi connectivity index (χ0) is 17.7. The van der Waals surface area contributed by atoms with Gasteiger partial charge in [-0.2, -0.15) is 13.9 Å². The molecule has 3 rings (SSSR count). The quantitative estimate of drug-likeness (QED) is 0.678. The van der Waals surface area contributed by atoms with Gasteiger partial charge in [0.25, 0.3) is 5.92 Å². The van der Waals surface area contributed by atoms with Crippen molar-refractivity contribution in [3.8, 4) is 0 Å². The normalized spacial score (nSPS) is 20.2. The van der Waals surface area contributed by atoms with E-state index in [1.54, 1.807) is 20.8 Å². The smallest absolute Gasteiger partial charge is 0.410 e. The highest BCUT2D eigenvalue weighted by Crippen LogP contribution is 2.41. The molecule has 3 heterocycles. The van der Waals surface area contributed by atoms with Gasteiger partial charge in [-0.15, -0.1) is 0 Å². The SMILES string of the molecule is C=C1CCC(F)(F)c2c3c(nn2C1)CCN(C(=O)OC(C)(C)C)C3. The highest BCUT2D eigenvalue weighted by molar-refractivity contribution is 5.68. The molecule has 132 valence electrons. The van der Waals surface area contributed by atoms with E-state index >= 15 is 0 Å². The van der Waals surface area contributed by atoms with Gasteiger partial charge in [-0.3, -0.25) is 4.68 Å². The van der Waals surface area contributed by atoms with Crippen LogP contribution in [0.2, 0.25) is 0 Å². The molecule has 24 heavy (non-hydrogen) atoms. The molecular weight excluding hydrogens is 316 g/mol. The first-order chi connectivity index (χ1) is 11.1. The van der Waals surface area contributed by atoms with Gasteiger partial charge in [-0.25, -0.2) is 4.79 Å². The Morgan fingerprint density at radius 3 is 2.67 bits per heavy atom. The Kier molecular flexibility index (Phi) is 3.92. The number of hydrogen-bond acceptors (Lipinski definition) is 3. The minimum absolute atomic E-state index is 0.0654. The van der Waals surface area contributed by atoms with Crippen molar-refractivity contribution in [3.63, 3.8) is 0 Å². The van der Waals surface area contributed by atoms with Crippen molar-refractivity contribution in [2.75, 3.05) is 6.54 Å². The number of ether oxygens (including phenoxy) is 1. The van der Waals surface area contributed by atoms with Crippen molar-refractivity contribution >= 4 is 6.09 Å². The van der Waals surface area contributed by atoms with Crippen LogP contribution in [0.1, 0.15) is 50.6 Å². The molecule has 1 aromatic heterocycles. The zero-order valence-corrected chi connectivity index (χ0v) is 14.4. The largest absolute Gasteiger partial charge is 0.444 e. The monoisotopic (exact) mass is 339 g/mol. The summed E-state index contributed by atoms with van der Waals surface area (Å²) in [6, 6.07) is 0. The van der Waals surface area contributed by atoms with Gasteiger partial charge in [-0.05, 0) is 27.2 Å². The van der Waals surface area contributed by atoms with Crippen LogP contribution in [0.5, 0.6) is 0 Å². The van der Waals surface area contributed by atoms with Crippen molar-refractivity contribution < 1.29 is 18.3 Å². The third-order valence-corrected chi connectivity index (χ3v) is 4.27. The second kappa shape index (κ2) is 5.57. The number of rotatable bonds is 0. The first-order valence-electron chi connectivity index (χ1n) is 8.18. The van der Waals surface area contributed by atoms with Crippen molar-refractivity contribution in [2.45, 2.75) is 64.6 Å². The number of allylic oxidation sites excluding steroid dienone is 1. The highest BCUT2D eigenvalue weighted by Gasteiger charge is 2.43. The van der Waals surface area contributed by atoms with E-state index in [1.165, 1.54) is 9.58 Å². The van der Waals surface area contributed by atoms with Gasteiger partial charge in [0.1, 0.15) is 11.3 Å². The van der Waals surface area contributed by atoms with Crippen LogP contribution in [0.15, 0.2) is 12.2 Å². The number of aromatic nitrogens is 2. The molecule has 5 nitrogen and oxygen atoms in total. The highest BCUT2D eigenvalue weighted by atomic mass is 19.3. The summed E-state index contributed by atoms with van der Waals surface area (Å²) >= 11 is 0. The lowest BCUT2D eigenvalue weighted by Gasteiger charge is -2.30. The van der Waals surface area contributed by atoms with E-state index in [0.29, 0.717) is 30.8 Å². The van der Waals surface area contributed by atoms with Crippen molar-refractivity contribution in [1.29, 1.82) is 0 Å². The lowest BCUT2D eigenvalue weighted by atomic mass is 10.00. The Bertz CT molecular complexity index is 689. The molecule has 0 atom stereocenters. The molecule has 0 N–H and O–H groups in total. The van der Waals surface area contributed by atoms with E-state index in [2.05, 4.69) is 11.7 Å². The maximum Gasteiger partial charge on any atom is 0.410 e. The molecule has 0 saturated carbocycles. The number of carbonyl (C=O) groups excluding carboxylic acids is 1. The lowest BCUT2D eigenvalue weighted by molar-refractivity contribution is -0.0201. The number of fused-ring (bicyclic) bond motifs is 3. The molecule has 7 heteroatoms. The van der Waals surface area contributed by atoms with Crippen LogP contribution in [-0.2, 0) is 30.2 Å². The first kappa shape index (κ1) is 16.9. The number of nitrogens with zero attached hydrogens (tertiary/aromatic N) is 3. The van der Waals surface area contributed by atoms with E-state index < -0.39 is 17.6 Å². The molecule has 0 unspecified atom stereocenters. The fraction of sp³-hybridized carbons (Fsp3) is 0.647. The number of halogens is 2. The fourth-order valence-corrected chi connectivity index (χ4v) is 3.18. The Morgan fingerprint density at radius 2 is 2.00 bits per heavy atom. The summed E-state index contributed by atoms with van der Waals surface area (Å²) in [4.78, 5) is 13.7. The van der Waals surface area contributed by atoms with Crippen LogP contribution in [0.4, 0.5) is 13.6 Å². The minimum Gasteiger partial charge on any atom is -0.444 e. The van der Waals surface area contributed by atoms with E-state index in [-0.39, 0.29) is 25.1 Å². The maximum atomic E-state index is 14.6. The average Bonchev–Trinajstić information content (AvgIpc) is 2.75. The van der Waals surface area contributed by atoms with Gasteiger partial charge in [0.15, 0.2) is 0 Å². The molecule has 0 saturated heterocycles. The molecule has 1 amide bonds. The average molecular weight is 339 g/mol. The van der Waals surface area contributed by atoms with E-state index in [4.69, 9.17) is 4.74 Å². The summed E-state index contributed by atoms with van der Waals surface area (Å²) in [5.41, 5.74) is 1.18. The predicted octanol–water partition coefficient (Wildman–Crippen LogP) is 3.62. The third kappa shape index (κ3) is 3.16. The number of carbonyl (C=O) groups is 1. The molecule has 0 spiro atoms. The minimum atomic E-state index is -2.96. The first-order valence-corrected chi connectivity index (χ1v) is 8.18. The zero-order valence-electron chi connectivity index (χ0n) is 14.4. The molecule has 0 aromatic carbocycles. The second-order valence-corrected chi connectivity index (χ2v) is 7.54. The van der Waals surface area contributed by atoms with E-state index in [9.17, 15) is 13.6 Å². The van der Waals surface area contributed by atoms with E-state index in [1.807, 2.05) is 0 Å². The number of hydrogen-bond donors (Lipinski definition) is 0. The van der Waals surface area contributed by atoms with E-state index in [0.717, 1.165) is 5.57 Å². The topological polar surface area (TPSA) is 47.4 Å². The molecule has 0 bridgehead atoms. The lowest BCUT2D eigenvalue weighted by Crippen LogP contribution is -2.40. The van der Waals surface area contributed by atoms with Gasteiger partial charge in [0.2, 0.25) is 0 Å². The van der Waals surface area contributed by atoms with Crippen LogP contribution < -0.4 is 0 Å². The van der Waals surface area contributed by atoms with Crippen LogP contribution >= 0.6 is 0 Å². The number of alkyl halides is 2. The maximum absolute atomic E-state index is 14.6. The van der Waals surface area contributed by atoms with Gasteiger partial charge in [0.05, 0.1) is 18.8 Å². The predicted molar refractivity (Wildman–Crippen MR) is 84.8 cm³/mol. The van der Waals surface area contributed by atoms with Crippen LogP contribution in [0.25, 0.3) is 0 Å². The summed E-state index contributed by atoms with van der Waals surface area (Å²) < 4.78 is 36.0.